The van der Waals surface area contributed by atoms with Gasteiger partial charge in [-0.25, -0.2) is 0 Å². The molecule has 2 nitrogen and oxygen atoms in total. The van der Waals surface area contributed by atoms with Crippen LogP contribution in [0.15, 0.2) is 22.7 Å². The van der Waals surface area contributed by atoms with Crippen LogP contribution in [0.25, 0.3) is 0 Å². The Morgan fingerprint density at radius 1 is 1.44 bits per heavy atom. The first-order chi connectivity index (χ1) is 8.19. The van der Waals surface area contributed by atoms with Gasteiger partial charge >= 0.3 is 0 Å². The van der Waals surface area contributed by atoms with Gasteiger partial charge < -0.3 is 5.32 Å². The summed E-state index contributed by atoms with van der Waals surface area (Å²) in [4.78, 5) is 2.55. The zero-order valence-corrected chi connectivity index (χ0v) is 13.5. The molecule has 1 unspecified atom stereocenters. The van der Waals surface area contributed by atoms with Gasteiger partial charge in [0.2, 0.25) is 0 Å². The molecule has 1 heterocycles. The van der Waals surface area contributed by atoms with Crippen molar-refractivity contribution in [2.75, 3.05) is 26.7 Å². The summed E-state index contributed by atoms with van der Waals surface area (Å²) in [7, 11) is 2.04. The number of halogens is 2. The molecule has 0 amide bonds. The van der Waals surface area contributed by atoms with E-state index in [1.807, 2.05) is 7.05 Å². The monoisotopic (exact) mass is 332 g/mol. The molecule has 1 aliphatic rings. The maximum Gasteiger partial charge on any atom is 0.0234 e. The number of nitrogens with one attached hydrogen (secondary N) is 1. The summed E-state index contributed by atoms with van der Waals surface area (Å²) in [5.74, 6) is 0.828. The number of benzene rings is 1. The fourth-order valence-electron chi connectivity index (χ4n) is 2.50. The Morgan fingerprint density at radius 2 is 2.22 bits per heavy atom. The lowest BCUT2D eigenvalue weighted by Gasteiger charge is -2.16. The molecule has 1 fully saturated rings. The summed E-state index contributed by atoms with van der Waals surface area (Å²) >= 11 is 3.60. The lowest BCUT2D eigenvalue weighted by atomic mass is 10.1. The molecule has 0 saturated carbocycles. The van der Waals surface area contributed by atoms with Crippen LogP contribution in [0.2, 0.25) is 0 Å². The highest BCUT2D eigenvalue weighted by atomic mass is 79.9. The van der Waals surface area contributed by atoms with Crippen LogP contribution in [-0.2, 0) is 6.54 Å². The molecule has 102 valence electrons. The fraction of sp³-hybridized carbons (Fsp3) is 0.571. The maximum absolute atomic E-state index is 3.60. The molecule has 0 aliphatic carbocycles. The molecule has 1 aromatic carbocycles. The quantitative estimate of drug-likeness (QED) is 0.910. The minimum Gasteiger partial charge on any atom is -0.319 e. The average Bonchev–Trinajstić information content (AvgIpc) is 2.72. The lowest BCUT2D eigenvalue weighted by molar-refractivity contribution is 0.315. The Kier molecular flexibility index (Phi) is 6.64. The van der Waals surface area contributed by atoms with E-state index in [2.05, 4.69) is 51.3 Å². The van der Waals surface area contributed by atoms with E-state index in [1.54, 1.807) is 0 Å². The number of likely N-dealkylation sites (tertiary alicyclic amines) is 1. The van der Waals surface area contributed by atoms with E-state index >= 15 is 0 Å². The highest BCUT2D eigenvalue weighted by molar-refractivity contribution is 9.10. The predicted molar refractivity (Wildman–Crippen MR) is 83.4 cm³/mol. The number of hydrogen-bond acceptors (Lipinski definition) is 2. The topological polar surface area (TPSA) is 15.3 Å². The van der Waals surface area contributed by atoms with Crippen molar-refractivity contribution in [2.45, 2.75) is 19.9 Å². The van der Waals surface area contributed by atoms with E-state index in [9.17, 15) is 0 Å². The molecule has 0 spiro atoms. The Morgan fingerprint density at radius 3 is 2.89 bits per heavy atom. The second-order valence-electron chi connectivity index (χ2n) is 5.03. The predicted octanol–water partition coefficient (Wildman–Crippen LogP) is 3.22. The highest BCUT2D eigenvalue weighted by Gasteiger charge is 2.21. The summed E-state index contributed by atoms with van der Waals surface area (Å²) in [5, 5.41) is 3.28. The molecular weight excluding hydrogens is 312 g/mol. The minimum atomic E-state index is 0. The summed E-state index contributed by atoms with van der Waals surface area (Å²) in [6.45, 7) is 6.82. The summed E-state index contributed by atoms with van der Waals surface area (Å²) in [6, 6.07) is 6.69. The second-order valence-corrected chi connectivity index (χ2v) is 5.89. The highest BCUT2D eigenvalue weighted by Crippen LogP contribution is 2.21. The Hall–Kier alpha value is -0.0900. The SMILES string of the molecule is CNCC1CCN(Cc2ccc(C)c(Br)c2)C1.Cl. The van der Waals surface area contributed by atoms with Gasteiger partial charge in [-0.15, -0.1) is 12.4 Å². The molecule has 1 N–H and O–H groups in total. The molecular formula is C14H22BrClN2. The first kappa shape index (κ1) is 16.0. The molecule has 0 radical (unpaired) electrons. The molecule has 0 aromatic heterocycles. The van der Waals surface area contributed by atoms with E-state index in [4.69, 9.17) is 0 Å². The van der Waals surface area contributed by atoms with Gasteiger partial charge in [-0.2, -0.15) is 0 Å². The van der Waals surface area contributed by atoms with Gasteiger partial charge in [-0.1, -0.05) is 28.1 Å². The summed E-state index contributed by atoms with van der Waals surface area (Å²) < 4.78 is 1.22. The molecule has 4 heteroatoms. The molecule has 2 rings (SSSR count). The van der Waals surface area contributed by atoms with E-state index in [-0.39, 0.29) is 12.4 Å². The Balaban J connectivity index is 0.00000162. The van der Waals surface area contributed by atoms with E-state index in [0.717, 1.165) is 19.0 Å². The number of aryl methyl sites for hydroxylation is 1. The van der Waals surface area contributed by atoms with Crippen LogP contribution in [0.3, 0.4) is 0 Å². The third-order valence-corrected chi connectivity index (χ3v) is 4.36. The van der Waals surface area contributed by atoms with Crippen LogP contribution in [0.4, 0.5) is 0 Å². The first-order valence-corrected chi connectivity index (χ1v) is 7.10. The van der Waals surface area contributed by atoms with E-state index in [0.29, 0.717) is 0 Å². The smallest absolute Gasteiger partial charge is 0.0234 e. The zero-order valence-electron chi connectivity index (χ0n) is 11.1. The molecule has 1 atom stereocenters. The van der Waals surface area contributed by atoms with Gasteiger partial charge in [0.05, 0.1) is 0 Å². The summed E-state index contributed by atoms with van der Waals surface area (Å²) in [6.07, 6.45) is 1.33. The van der Waals surface area contributed by atoms with Crippen molar-refractivity contribution in [1.29, 1.82) is 0 Å². The van der Waals surface area contributed by atoms with Crippen LogP contribution in [0.5, 0.6) is 0 Å². The van der Waals surface area contributed by atoms with Crippen LogP contribution in [0, 0.1) is 12.8 Å². The van der Waals surface area contributed by atoms with Crippen molar-refractivity contribution in [3.63, 3.8) is 0 Å². The normalized spacial score (nSPS) is 19.8. The maximum atomic E-state index is 3.60. The van der Waals surface area contributed by atoms with Crippen LogP contribution in [-0.4, -0.2) is 31.6 Å². The van der Waals surface area contributed by atoms with Gasteiger partial charge in [0.1, 0.15) is 0 Å². The van der Waals surface area contributed by atoms with Crippen molar-refractivity contribution < 1.29 is 0 Å². The fourth-order valence-corrected chi connectivity index (χ4v) is 2.93. The molecule has 1 aliphatic heterocycles. The minimum absolute atomic E-state index is 0. The van der Waals surface area contributed by atoms with Gasteiger partial charge in [0.15, 0.2) is 0 Å². The number of rotatable bonds is 4. The Labute approximate surface area is 125 Å². The van der Waals surface area contributed by atoms with E-state index < -0.39 is 0 Å². The van der Waals surface area contributed by atoms with Crippen molar-refractivity contribution in [2.24, 2.45) is 5.92 Å². The van der Waals surface area contributed by atoms with Gasteiger partial charge in [0.25, 0.3) is 0 Å². The molecule has 18 heavy (non-hydrogen) atoms. The van der Waals surface area contributed by atoms with Crippen LogP contribution in [0.1, 0.15) is 17.5 Å². The number of nitrogens with zero attached hydrogens (tertiary/aromatic N) is 1. The average molecular weight is 334 g/mol. The van der Waals surface area contributed by atoms with Gasteiger partial charge in [-0.05, 0) is 56.6 Å². The van der Waals surface area contributed by atoms with Crippen LogP contribution >= 0.6 is 28.3 Å². The van der Waals surface area contributed by atoms with E-state index in [1.165, 1.54) is 35.1 Å². The van der Waals surface area contributed by atoms with Gasteiger partial charge in [0, 0.05) is 17.6 Å². The second kappa shape index (κ2) is 7.49. The third-order valence-electron chi connectivity index (χ3n) is 3.51. The van der Waals surface area contributed by atoms with Crippen molar-refractivity contribution in [3.8, 4) is 0 Å². The standard InChI is InChI=1S/C14H21BrN2.ClH/c1-11-3-4-12(7-14(11)15)9-17-6-5-13(10-17)8-16-2;/h3-4,7,13,16H,5-6,8-10H2,1-2H3;1H. The first-order valence-electron chi connectivity index (χ1n) is 6.31. The molecule has 1 saturated heterocycles. The largest absolute Gasteiger partial charge is 0.319 e. The van der Waals surface area contributed by atoms with Crippen molar-refractivity contribution in [1.82, 2.24) is 10.2 Å². The van der Waals surface area contributed by atoms with Gasteiger partial charge in [-0.3, -0.25) is 4.90 Å². The third kappa shape index (κ3) is 4.23. The Bertz CT molecular complexity index is 384. The lowest BCUT2D eigenvalue weighted by Crippen LogP contribution is -2.24. The zero-order chi connectivity index (χ0) is 12.3. The molecule has 0 bridgehead atoms. The summed E-state index contributed by atoms with van der Waals surface area (Å²) in [5.41, 5.74) is 2.72. The van der Waals surface area contributed by atoms with Crippen LogP contribution < -0.4 is 5.32 Å². The molecule has 1 aromatic rings. The number of hydrogen-bond donors (Lipinski definition) is 1. The van der Waals surface area contributed by atoms with Crippen molar-refractivity contribution >= 4 is 28.3 Å². The van der Waals surface area contributed by atoms with Crippen molar-refractivity contribution in [3.05, 3.63) is 33.8 Å².